The fourth-order valence-corrected chi connectivity index (χ4v) is 7.32. The molecule has 0 aliphatic carbocycles. The SMILES string of the molecule is [C-]#[N+]c1cccc(-c2ccc(-c3cccc(C#N)c3)c(-n3c4ccccc4c4ccccc43)c2-n2c3ccccc3c3ccccc32)c1. The highest BCUT2D eigenvalue weighted by Crippen LogP contribution is 2.46. The summed E-state index contributed by atoms with van der Waals surface area (Å²) in [4.78, 5) is 3.79. The Hall–Kier alpha value is -6.88. The summed E-state index contributed by atoms with van der Waals surface area (Å²) in [6.07, 6.45) is 0. The first kappa shape index (κ1) is 27.4. The molecule has 7 aromatic carbocycles. The second kappa shape index (κ2) is 10.9. The van der Waals surface area contributed by atoms with E-state index in [0.717, 1.165) is 55.7 Å². The normalized spacial score (nSPS) is 11.3. The smallest absolute Gasteiger partial charge is 0.187 e. The van der Waals surface area contributed by atoms with Crippen LogP contribution < -0.4 is 0 Å². The Kier molecular flexibility index (Phi) is 6.22. The predicted molar refractivity (Wildman–Crippen MR) is 197 cm³/mol. The fourth-order valence-electron chi connectivity index (χ4n) is 7.32. The number of nitrogens with zero attached hydrogens (tertiary/aromatic N) is 4. The van der Waals surface area contributed by atoms with Crippen molar-refractivity contribution in [3.05, 3.63) is 175 Å². The summed E-state index contributed by atoms with van der Waals surface area (Å²) < 4.78 is 4.78. The molecule has 0 bridgehead atoms. The lowest BCUT2D eigenvalue weighted by molar-refractivity contribution is 1.10. The van der Waals surface area contributed by atoms with E-state index in [-0.39, 0.29) is 0 Å². The monoisotopic (exact) mass is 610 g/mol. The Labute approximate surface area is 277 Å². The van der Waals surface area contributed by atoms with Crippen molar-refractivity contribution < 1.29 is 0 Å². The molecule has 0 fully saturated rings. The van der Waals surface area contributed by atoms with E-state index in [1.807, 2.05) is 36.4 Å². The Morgan fingerprint density at radius 3 is 1.31 bits per heavy atom. The number of para-hydroxylation sites is 4. The van der Waals surface area contributed by atoms with E-state index in [1.165, 1.54) is 21.5 Å². The lowest BCUT2D eigenvalue weighted by Gasteiger charge is -2.24. The van der Waals surface area contributed by atoms with Gasteiger partial charge in [0.2, 0.25) is 0 Å². The van der Waals surface area contributed by atoms with Crippen LogP contribution in [0.2, 0.25) is 0 Å². The predicted octanol–water partition coefficient (Wildman–Crippen LogP) is 11.6. The molecule has 0 N–H and O–H groups in total. The Bertz CT molecular complexity index is 2520. The van der Waals surface area contributed by atoms with E-state index in [4.69, 9.17) is 6.57 Å². The molecule has 48 heavy (non-hydrogen) atoms. The van der Waals surface area contributed by atoms with Crippen LogP contribution in [0.1, 0.15) is 5.56 Å². The van der Waals surface area contributed by atoms with Crippen molar-refractivity contribution in [3.63, 3.8) is 0 Å². The van der Waals surface area contributed by atoms with Crippen molar-refractivity contribution in [2.24, 2.45) is 0 Å². The molecular formula is C44H26N4. The molecule has 2 aromatic heterocycles. The second-order valence-corrected chi connectivity index (χ2v) is 12.0. The van der Waals surface area contributed by atoms with E-state index in [1.54, 1.807) is 0 Å². The molecule has 0 spiro atoms. The average molecular weight is 611 g/mol. The van der Waals surface area contributed by atoms with Crippen molar-refractivity contribution in [2.45, 2.75) is 0 Å². The van der Waals surface area contributed by atoms with Crippen molar-refractivity contribution in [2.75, 3.05) is 0 Å². The highest BCUT2D eigenvalue weighted by atomic mass is 15.1. The number of fused-ring (bicyclic) bond motifs is 6. The molecule has 4 heteroatoms. The van der Waals surface area contributed by atoms with Crippen LogP contribution in [0.3, 0.4) is 0 Å². The fraction of sp³-hybridized carbons (Fsp3) is 0. The number of hydrogen-bond acceptors (Lipinski definition) is 1. The molecule has 9 aromatic rings. The van der Waals surface area contributed by atoms with Gasteiger partial charge in [-0.25, -0.2) is 4.85 Å². The molecule has 0 saturated heterocycles. The van der Waals surface area contributed by atoms with Gasteiger partial charge in [0.05, 0.1) is 51.6 Å². The van der Waals surface area contributed by atoms with Crippen LogP contribution in [0.15, 0.2) is 158 Å². The van der Waals surface area contributed by atoms with Crippen LogP contribution in [0.4, 0.5) is 5.69 Å². The minimum Gasteiger partial charge on any atom is -0.307 e. The third kappa shape index (κ3) is 4.07. The van der Waals surface area contributed by atoms with Gasteiger partial charge in [0.15, 0.2) is 5.69 Å². The van der Waals surface area contributed by atoms with E-state index in [0.29, 0.717) is 11.3 Å². The molecule has 0 saturated carbocycles. The van der Waals surface area contributed by atoms with Crippen molar-refractivity contribution in [3.8, 4) is 39.7 Å². The largest absolute Gasteiger partial charge is 0.307 e. The zero-order valence-electron chi connectivity index (χ0n) is 25.8. The third-order valence-corrected chi connectivity index (χ3v) is 9.35. The number of hydrogen-bond donors (Lipinski definition) is 0. The van der Waals surface area contributed by atoms with Crippen molar-refractivity contribution in [1.29, 1.82) is 5.26 Å². The summed E-state index contributed by atoms with van der Waals surface area (Å²) in [6.45, 7) is 7.82. The van der Waals surface area contributed by atoms with Crippen LogP contribution in [0.5, 0.6) is 0 Å². The lowest BCUT2D eigenvalue weighted by atomic mass is 9.94. The standard InChI is InChI=1S/C44H26N4/c1-46-32-15-11-14-31(27-32)34-25-24-33(30-13-10-12-29(26-30)28-45)43(47-39-20-6-2-16-35(39)36-17-3-7-21-40(36)47)44(34)48-41-22-8-4-18-37(41)38-19-5-9-23-42(38)48/h2-27H. The first-order chi connectivity index (χ1) is 23.7. The lowest BCUT2D eigenvalue weighted by Crippen LogP contribution is -2.08. The summed E-state index contributed by atoms with van der Waals surface area (Å²) in [7, 11) is 0. The summed E-state index contributed by atoms with van der Waals surface area (Å²) in [6, 6.07) is 56.7. The number of benzene rings is 7. The van der Waals surface area contributed by atoms with Crippen LogP contribution in [0.25, 0.3) is 82.1 Å². The summed E-state index contributed by atoms with van der Waals surface area (Å²) in [5.41, 5.74) is 11.5. The highest BCUT2D eigenvalue weighted by Gasteiger charge is 2.25. The van der Waals surface area contributed by atoms with Gasteiger partial charge in [-0.3, -0.25) is 0 Å². The van der Waals surface area contributed by atoms with E-state index in [9.17, 15) is 5.26 Å². The van der Waals surface area contributed by atoms with Gasteiger partial charge in [-0.05, 0) is 53.6 Å². The maximum atomic E-state index is 9.95. The van der Waals surface area contributed by atoms with Gasteiger partial charge in [0.1, 0.15) is 0 Å². The first-order valence-corrected chi connectivity index (χ1v) is 15.9. The highest BCUT2D eigenvalue weighted by molar-refractivity contribution is 6.13. The first-order valence-electron chi connectivity index (χ1n) is 15.9. The zero-order chi connectivity index (χ0) is 32.2. The topological polar surface area (TPSA) is 38.0 Å². The maximum Gasteiger partial charge on any atom is 0.187 e. The summed E-state index contributed by atoms with van der Waals surface area (Å²) in [5.74, 6) is 0. The molecule has 9 rings (SSSR count). The van der Waals surface area contributed by atoms with Crippen LogP contribution in [-0.4, -0.2) is 9.13 Å². The molecular weight excluding hydrogens is 585 g/mol. The van der Waals surface area contributed by atoms with Gasteiger partial charge in [0.25, 0.3) is 0 Å². The molecule has 4 nitrogen and oxygen atoms in total. The summed E-state index contributed by atoms with van der Waals surface area (Å²) in [5, 5.41) is 14.6. The Morgan fingerprint density at radius 2 is 0.875 bits per heavy atom. The van der Waals surface area contributed by atoms with E-state index < -0.39 is 0 Å². The molecule has 0 aliphatic heterocycles. The Balaban J connectivity index is 1.57. The van der Waals surface area contributed by atoms with Crippen LogP contribution in [0, 0.1) is 17.9 Å². The van der Waals surface area contributed by atoms with Crippen molar-refractivity contribution in [1.82, 2.24) is 9.13 Å². The van der Waals surface area contributed by atoms with E-state index in [2.05, 4.69) is 141 Å². The molecule has 222 valence electrons. The second-order valence-electron chi connectivity index (χ2n) is 12.0. The average Bonchev–Trinajstić information content (AvgIpc) is 3.67. The minimum atomic E-state index is 0.588. The van der Waals surface area contributed by atoms with Crippen LogP contribution >= 0.6 is 0 Å². The molecule has 0 radical (unpaired) electrons. The van der Waals surface area contributed by atoms with Crippen LogP contribution in [-0.2, 0) is 0 Å². The third-order valence-electron chi connectivity index (χ3n) is 9.35. The number of nitriles is 1. The van der Waals surface area contributed by atoms with Gasteiger partial charge in [-0.1, -0.05) is 115 Å². The summed E-state index contributed by atoms with van der Waals surface area (Å²) >= 11 is 0. The van der Waals surface area contributed by atoms with E-state index >= 15 is 0 Å². The molecule has 2 heterocycles. The van der Waals surface area contributed by atoms with Gasteiger partial charge in [-0.15, -0.1) is 0 Å². The van der Waals surface area contributed by atoms with Gasteiger partial charge in [-0.2, -0.15) is 5.26 Å². The molecule has 0 unspecified atom stereocenters. The number of aromatic nitrogens is 2. The minimum absolute atomic E-state index is 0.588. The van der Waals surface area contributed by atoms with Gasteiger partial charge >= 0.3 is 0 Å². The molecule has 0 aliphatic rings. The van der Waals surface area contributed by atoms with Gasteiger partial charge in [0, 0.05) is 32.7 Å². The van der Waals surface area contributed by atoms with Crippen molar-refractivity contribution >= 4 is 49.3 Å². The molecule has 0 amide bonds. The number of rotatable bonds is 4. The quantitative estimate of drug-likeness (QED) is 0.183. The van der Waals surface area contributed by atoms with Gasteiger partial charge < -0.3 is 9.13 Å². The maximum absolute atomic E-state index is 9.95. The zero-order valence-corrected chi connectivity index (χ0v) is 25.8. The molecule has 0 atom stereocenters. The Morgan fingerprint density at radius 1 is 0.458 bits per heavy atom.